The predicted molar refractivity (Wildman–Crippen MR) is 87.9 cm³/mol. The van der Waals surface area contributed by atoms with E-state index in [1.165, 1.54) is 11.1 Å². The van der Waals surface area contributed by atoms with Gasteiger partial charge in [0, 0.05) is 29.3 Å². The van der Waals surface area contributed by atoms with Crippen LogP contribution in [0.4, 0.5) is 0 Å². The van der Waals surface area contributed by atoms with Crippen LogP contribution in [-0.2, 0) is 6.42 Å². The van der Waals surface area contributed by atoms with Crippen LogP contribution in [0.2, 0.25) is 0 Å². The smallest absolute Gasteiger partial charge is 0.164 e. The van der Waals surface area contributed by atoms with Gasteiger partial charge in [-0.3, -0.25) is 9.78 Å². The average molecular weight is 297 g/mol. The van der Waals surface area contributed by atoms with Crippen molar-refractivity contribution in [3.05, 3.63) is 47.8 Å². The van der Waals surface area contributed by atoms with Crippen molar-refractivity contribution >= 4 is 17.5 Å². The van der Waals surface area contributed by atoms with Gasteiger partial charge in [0.2, 0.25) is 0 Å². The molecule has 0 radical (unpaired) electrons. The molecule has 1 aliphatic rings. The standard InChI is InChI=1S/C18H19NOS/c1-3-21-17-5-4-14(13-6-8-19-9-7-13)15-10-12(2)11-16(20)18(15)17/h4-9,12H,3,10-11H2,1-2H3. The van der Waals surface area contributed by atoms with Gasteiger partial charge >= 0.3 is 0 Å². The lowest BCUT2D eigenvalue weighted by Gasteiger charge is -2.25. The molecule has 0 aliphatic heterocycles. The second kappa shape index (κ2) is 6.02. The van der Waals surface area contributed by atoms with Crippen LogP contribution in [0.25, 0.3) is 11.1 Å². The molecule has 2 aromatic rings. The summed E-state index contributed by atoms with van der Waals surface area (Å²) in [4.78, 5) is 17.8. The highest BCUT2D eigenvalue weighted by atomic mass is 32.2. The minimum atomic E-state index is 0.301. The Kier molecular flexibility index (Phi) is 4.11. The zero-order chi connectivity index (χ0) is 14.8. The van der Waals surface area contributed by atoms with E-state index in [-0.39, 0.29) is 0 Å². The molecule has 1 heterocycles. The van der Waals surface area contributed by atoms with Gasteiger partial charge in [-0.1, -0.05) is 19.9 Å². The maximum absolute atomic E-state index is 12.5. The van der Waals surface area contributed by atoms with Gasteiger partial charge in [0.05, 0.1) is 0 Å². The first-order valence-corrected chi connectivity index (χ1v) is 8.41. The lowest BCUT2D eigenvalue weighted by atomic mass is 9.80. The van der Waals surface area contributed by atoms with Gasteiger partial charge in [0.25, 0.3) is 0 Å². The number of pyridine rings is 1. The second-order valence-corrected chi connectivity index (χ2v) is 6.88. The first-order chi connectivity index (χ1) is 10.2. The molecule has 1 aliphatic carbocycles. The lowest BCUT2D eigenvalue weighted by molar-refractivity contribution is 0.0950. The van der Waals surface area contributed by atoms with Crippen LogP contribution in [0, 0.1) is 5.92 Å². The van der Waals surface area contributed by atoms with Crippen LogP contribution in [0.3, 0.4) is 0 Å². The fraction of sp³-hybridized carbons (Fsp3) is 0.333. The molecule has 0 bridgehead atoms. The lowest BCUT2D eigenvalue weighted by Crippen LogP contribution is -2.20. The van der Waals surface area contributed by atoms with Crippen molar-refractivity contribution in [3.63, 3.8) is 0 Å². The number of ketones is 1. The number of hydrogen-bond acceptors (Lipinski definition) is 3. The van der Waals surface area contributed by atoms with Gasteiger partial charge in [-0.05, 0) is 53.0 Å². The number of nitrogens with zero attached hydrogens (tertiary/aromatic N) is 1. The Hall–Kier alpha value is -1.61. The Labute approximate surface area is 130 Å². The number of rotatable bonds is 3. The Balaban J connectivity index is 2.20. The van der Waals surface area contributed by atoms with E-state index >= 15 is 0 Å². The number of hydrogen-bond donors (Lipinski definition) is 0. The quantitative estimate of drug-likeness (QED) is 0.774. The number of aromatic nitrogens is 1. The fourth-order valence-corrected chi connectivity index (χ4v) is 3.92. The molecule has 0 amide bonds. The van der Waals surface area contributed by atoms with Crippen LogP contribution in [0.15, 0.2) is 41.6 Å². The monoisotopic (exact) mass is 297 g/mol. The van der Waals surface area contributed by atoms with Crippen molar-refractivity contribution in [1.82, 2.24) is 4.98 Å². The predicted octanol–water partition coefficient (Wildman–Crippen LogP) is 4.63. The van der Waals surface area contributed by atoms with Gasteiger partial charge in [-0.15, -0.1) is 11.8 Å². The van der Waals surface area contributed by atoms with Crippen LogP contribution < -0.4 is 0 Å². The summed E-state index contributed by atoms with van der Waals surface area (Å²) < 4.78 is 0. The molecule has 0 N–H and O–H groups in total. The molecule has 0 saturated carbocycles. The summed E-state index contributed by atoms with van der Waals surface area (Å²) in [6, 6.07) is 8.31. The Morgan fingerprint density at radius 1 is 1.19 bits per heavy atom. The summed E-state index contributed by atoms with van der Waals surface area (Å²) in [5.74, 6) is 1.72. The summed E-state index contributed by atoms with van der Waals surface area (Å²) in [5, 5.41) is 0. The van der Waals surface area contributed by atoms with Gasteiger partial charge in [-0.2, -0.15) is 0 Å². The topological polar surface area (TPSA) is 30.0 Å². The number of Topliss-reactive ketones (excluding diaryl/α,β-unsaturated/α-hetero) is 1. The van der Waals surface area contributed by atoms with Gasteiger partial charge < -0.3 is 0 Å². The molecule has 0 saturated heterocycles. The first-order valence-electron chi connectivity index (χ1n) is 7.43. The first kappa shape index (κ1) is 14.3. The third-order valence-electron chi connectivity index (χ3n) is 3.93. The van der Waals surface area contributed by atoms with Crippen LogP contribution in [0.1, 0.15) is 36.2 Å². The maximum atomic E-state index is 12.5. The van der Waals surface area contributed by atoms with Crippen molar-refractivity contribution in [2.75, 3.05) is 5.75 Å². The van der Waals surface area contributed by atoms with E-state index in [1.54, 1.807) is 11.8 Å². The van der Waals surface area contributed by atoms with Crippen molar-refractivity contribution in [3.8, 4) is 11.1 Å². The normalized spacial score (nSPS) is 17.6. The van der Waals surface area contributed by atoms with Gasteiger partial charge in [0.15, 0.2) is 5.78 Å². The highest BCUT2D eigenvalue weighted by molar-refractivity contribution is 7.99. The fourth-order valence-electron chi connectivity index (χ4n) is 3.06. The molecule has 3 rings (SSSR count). The number of benzene rings is 1. The Morgan fingerprint density at radius 3 is 2.67 bits per heavy atom. The third-order valence-corrected chi connectivity index (χ3v) is 4.87. The van der Waals surface area contributed by atoms with Crippen LogP contribution in [0.5, 0.6) is 0 Å². The Bertz CT molecular complexity index is 666. The number of carbonyl (C=O) groups is 1. The molecule has 0 spiro atoms. The summed E-state index contributed by atoms with van der Waals surface area (Å²) in [5.41, 5.74) is 4.53. The number of carbonyl (C=O) groups excluding carboxylic acids is 1. The highest BCUT2D eigenvalue weighted by Crippen LogP contribution is 2.38. The van der Waals surface area contributed by atoms with E-state index < -0.39 is 0 Å². The molecule has 1 unspecified atom stereocenters. The van der Waals surface area contributed by atoms with Crippen LogP contribution in [-0.4, -0.2) is 16.5 Å². The number of fused-ring (bicyclic) bond motifs is 1. The van der Waals surface area contributed by atoms with Crippen molar-refractivity contribution in [1.29, 1.82) is 0 Å². The summed E-state index contributed by atoms with van der Waals surface area (Å²) in [6.07, 6.45) is 5.27. The van der Waals surface area contributed by atoms with Gasteiger partial charge in [-0.25, -0.2) is 0 Å². The molecule has 0 fully saturated rings. The zero-order valence-corrected chi connectivity index (χ0v) is 13.2. The summed E-state index contributed by atoms with van der Waals surface area (Å²) in [6.45, 7) is 4.29. The van der Waals surface area contributed by atoms with E-state index in [0.29, 0.717) is 18.1 Å². The highest BCUT2D eigenvalue weighted by Gasteiger charge is 2.27. The van der Waals surface area contributed by atoms with Crippen molar-refractivity contribution < 1.29 is 4.79 Å². The molecule has 108 valence electrons. The average Bonchev–Trinajstić information content (AvgIpc) is 2.48. The third kappa shape index (κ3) is 2.75. The van der Waals surface area contributed by atoms with Crippen molar-refractivity contribution in [2.45, 2.75) is 31.6 Å². The number of thioether (sulfide) groups is 1. The molecular weight excluding hydrogens is 278 g/mol. The minimum Gasteiger partial charge on any atom is -0.294 e. The maximum Gasteiger partial charge on any atom is 0.164 e. The molecular formula is C18H19NOS. The zero-order valence-electron chi connectivity index (χ0n) is 12.4. The minimum absolute atomic E-state index is 0.301. The Morgan fingerprint density at radius 2 is 1.95 bits per heavy atom. The van der Waals surface area contributed by atoms with E-state index in [4.69, 9.17) is 0 Å². The molecule has 1 aromatic carbocycles. The van der Waals surface area contributed by atoms with Crippen LogP contribution >= 0.6 is 11.8 Å². The van der Waals surface area contributed by atoms with E-state index in [1.807, 2.05) is 24.5 Å². The molecule has 21 heavy (non-hydrogen) atoms. The summed E-state index contributed by atoms with van der Waals surface area (Å²) >= 11 is 1.77. The van der Waals surface area contributed by atoms with E-state index in [0.717, 1.165) is 28.2 Å². The van der Waals surface area contributed by atoms with Gasteiger partial charge in [0.1, 0.15) is 0 Å². The van der Waals surface area contributed by atoms with E-state index in [9.17, 15) is 4.79 Å². The second-order valence-electron chi connectivity index (χ2n) is 5.57. The van der Waals surface area contributed by atoms with E-state index in [2.05, 4.69) is 31.0 Å². The van der Waals surface area contributed by atoms with Crippen molar-refractivity contribution in [2.24, 2.45) is 5.92 Å². The summed E-state index contributed by atoms with van der Waals surface area (Å²) in [7, 11) is 0. The molecule has 3 heteroatoms. The molecule has 1 aromatic heterocycles. The molecule has 2 nitrogen and oxygen atoms in total. The SMILES string of the molecule is CCSc1ccc(-c2ccncc2)c2c1C(=O)CC(C)C2. The molecule has 1 atom stereocenters. The largest absolute Gasteiger partial charge is 0.294 e.